The average Bonchev–Trinajstić information content (AvgIpc) is 2.20. The number of benzene rings is 1. The van der Waals surface area contributed by atoms with Gasteiger partial charge in [0.1, 0.15) is 0 Å². The highest BCUT2D eigenvalue weighted by Crippen LogP contribution is 2.30. The van der Waals surface area contributed by atoms with Crippen molar-refractivity contribution in [2.75, 3.05) is 6.61 Å². The minimum absolute atomic E-state index is 0.188. The van der Waals surface area contributed by atoms with E-state index < -0.39 is 22.2 Å². The molecule has 6 heteroatoms. The highest BCUT2D eigenvalue weighted by molar-refractivity contribution is 5.98. The standard InChI is InChI=1S/C10H10FNO4/c1-3-16-8-5-4-7(6(2)13)10(9(8)11)12(14)15/h4-5H,3H2,1-2H3. The summed E-state index contributed by atoms with van der Waals surface area (Å²) in [5.74, 6) is -1.90. The molecule has 86 valence electrons. The van der Waals surface area contributed by atoms with E-state index >= 15 is 0 Å². The van der Waals surface area contributed by atoms with E-state index in [4.69, 9.17) is 4.74 Å². The molecule has 16 heavy (non-hydrogen) atoms. The molecule has 0 bridgehead atoms. The lowest BCUT2D eigenvalue weighted by Crippen LogP contribution is -2.05. The van der Waals surface area contributed by atoms with Gasteiger partial charge in [-0.15, -0.1) is 0 Å². The fourth-order valence-electron chi connectivity index (χ4n) is 1.28. The van der Waals surface area contributed by atoms with Crippen molar-refractivity contribution < 1.29 is 18.8 Å². The Balaban J connectivity index is 3.41. The van der Waals surface area contributed by atoms with Gasteiger partial charge in [-0.05, 0) is 26.0 Å². The molecule has 0 aliphatic carbocycles. The number of nitro benzene ring substituents is 1. The summed E-state index contributed by atoms with van der Waals surface area (Å²) in [4.78, 5) is 20.8. The largest absolute Gasteiger partial charge is 0.491 e. The fraction of sp³-hybridized carbons (Fsp3) is 0.300. The van der Waals surface area contributed by atoms with Crippen molar-refractivity contribution in [2.45, 2.75) is 13.8 Å². The number of carbonyl (C=O) groups excluding carboxylic acids is 1. The second-order valence-corrected chi connectivity index (χ2v) is 3.02. The zero-order valence-electron chi connectivity index (χ0n) is 8.82. The zero-order valence-corrected chi connectivity index (χ0v) is 8.82. The molecular formula is C10H10FNO4. The summed E-state index contributed by atoms with van der Waals surface area (Å²) in [5, 5.41) is 10.7. The number of carbonyl (C=O) groups is 1. The Labute approximate surface area is 91.0 Å². The number of hydrogen-bond donors (Lipinski definition) is 0. The molecule has 0 aromatic heterocycles. The summed E-state index contributed by atoms with van der Waals surface area (Å²) in [6, 6.07) is 2.40. The van der Waals surface area contributed by atoms with Crippen molar-refractivity contribution in [3.8, 4) is 5.75 Å². The number of hydrogen-bond acceptors (Lipinski definition) is 4. The smallest absolute Gasteiger partial charge is 0.319 e. The van der Waals surface area contributed by atoms with E-state index in [1.54, 1.807) is 6.92 Å². The molecule has 0 radical (unpaired) electrons. The highest BCUT2D eigenvalue weighted by Gasteiger charge is 2.26. The van der Waals surface area contributed by atoms with Crippen molar-refractivity contribution in [3.63, 3.8) is 0 Å². The van der Waals surface area contributed by atoms with Gasteiger partial charge >= 0.3 is 5.69 Å². The molecule has 0 aliphatic rings. The summed E-state index contributed by atoms with van der Waals surface area (Å²) in [6.07, 6.45) is 0. The number of nitro groups is 1. The van der Waals surface area contributed by atoms with Gasteiger partial charge in [0.25, 0.3) is 0 Å². The van der Waals surface area contributed by atoms with Crippen molar-refractivity contribution in [3.05, 3.63) is 33.6 Å². The first-order chi connectivity index (χ1) is 7.49. The van der Waals surface area contributed by atoms with Crippen LogP contribution in [0.3, 0.4) is 0 Å². The lowest BCUT2D eigenvalue weighted by molar-refractivity contribution is -0.387. The monoisotopic (exact) mass is 227 g/mol. The molecule has 0 fully saturated rings. The second kappa shape index (κ2) is 4.69. The molecule has 0 unspecified atom stereocenters. The number of ether oxygens (including phenoxy) is 1. The van der Waals surface area contributed by atoms with Gasteiger partial charge in [0, 0.05) is 0 Å². The second-order valence-electron chi connectivity index (χ2n) is 3.02. The van der Waals surface area contributed by atoms with Gasteiger partial charge in [0.15, 0.2) is 11.5 Å². The lowest BCUT2D eigenvalue weighted by Gasteiger charge is -2.06. The van der Waals surface area contributed by atoms with Crippen LogP contribution in [-0.4, -0.2) is 17.3 Å². The van der Waals surface area contributed by atoms with Crippen LogP contribution in [0.25, 0.3) is 0 Å². The molecule has 0 aliphatic heterocycles. The molecule has 0 spiro atoms. The summed E-state index contributed by atoms with van der Waals surface area (Å²) in [5.41, 5.74) is -1.09. The van der Waals surface area contributed by atoms with Crippen LogP contribution in [0.4, 0.5) is 10.1 Å². The summed E-state index contributed by atoms with van der Waals surface area (Å²) >= 11 is 0. The molecule has 1 aromatic carbocycles. The minimum atomic E-state index is -1.11. The van der Waals surface area contributed by atoms with Crippen molar-refractivity contribution in [1.29, 1.82) is 0 Å². The molecule has 0 saturated carbocycles. The zero-order chi connectivity index (χ0) is 12.3. The van der Waals surface area contributed by atoms with Gasteiger partial charge in [0.2, 0.25) is 5.82 Å². The van der Waals surface area contributed by atoms with Crippen molar-refractivity contribution >= 4 is 11.5 Å². The van der Waals surface area contributed by atoms with Gasteiger partial charge < -0.3 is 4.74 Å². The number of nitrogens with zero attached hydrogens (tertiary/aromatic N) is 1. The van der Waals surface area contributed by atoms with E-state index in [2.05, 4.69) is 0 Å². The maximum atomic E-state index is 13.6. The molecule has 0 heterocycles. The van der Waals surface area contributed by atoms with Crippen molar-refractivity contribution in [1.82, 2.24) is 0 Å². The van der Waals surface area contributed by atoms with Gasteiger partial charge in [-0.2, -0.15) is 4.39 Å². The molecule has 1 aromatic rings. The Morgan fingerprint density at radius 1 is 1.56 bits per heavy atom. The number of Topliss-reactive ketones (excluding diaryl/α,β-unsaturated/α-hetero) is 1. The Morgan fingerprint density at radius 3 is 2.62 bits per heavy atom. The van der Waals surface area contributed by atoms with E-state index in [1.807, 2.05) is 0 Å². The van der Waals surface area contributed by atoms with E-state index in [0.717, 1.165) is 6.92 Å². The summed E-state index contributed by atoms with van der Waals surface area (Å²) in [6.45, 7) is 2.96. The maximum Gasteiger partial charge on any atom is 0.319 e. The molecule has 1 rings (SSSR count). The maximum absolute atomic E-state index is 13.6. The van der Waals surface area contributed by atoms with Crippen LogP contribution < -0.4 is 4.74 Å². The van der Waals surface area contributed by atoms with Crippen LogP contribution in [0.15, 0.2) is 12.1 Å². The van der Waals surface area contributed by atoms with Crippen LogP contribution in [0.2, 0.25) is 0 Å². The minimum Gasteiger partial charge on any atom is -0.491 e. The predicted molar refractivity (Wildman–Crippen MR) is 54.2 cm³/mol. The van der Waals surface area contributed by atoms with Crippen LogP contribution in [-0.2, 0) is 0 Å². The molecule has 0 amide bonds. The number of rotatable bonds is 4. The third-order valence-electron chi connectivity index (χ3n) is 1.94. The molecule has 0 N–H and O–H groups in total. The van der Waals surface area contributed by atoms with E-state index in [9.17, 15) is 19.3 Å². The summed E-state index contributed by atoms with van der Waals surface area (Å²) in [7, 11) is 0. The normalized spacial score (nSPS) is 9.94. The molecule has 5 nitrogen and oxygen atoms in total. The first-order valence-corrected chi connectivity index (χ1v) is 4.59. The fourth-order valence-corrected chi connectivity index (χ4v) is 1.28. The molecule has 0 saturated heterocycles. The Kier molecular flexibility index (Phi) is 3.55. The van der Waals surface area contributed by atoms with Crippen LogP contribution in [0.5, 0.6) is 5.75 Å². The first-order valence-electron chi connectivity index (χ1n) is 4.59. The van der Waals surface area contributed by atoms with E-state index in [0.29, 0.717) is 0 Å². The third-order valence-corrected chi connectivity index (χ3v) is 1.94. The third kappa shape index (κ3) is 2.16. The average molecular weight is 227 g/mol. The van der Waals surface area contributed by atoms with Crippen molar-refractivity contribution in [2.24, 2.45) is 0 Å². The number of ketones is 1. The quantitative estimate of drug-likeness (QED) is 0.449. The Hall–Kier alpha value is -1.98. The van der Waals surface area contributed by atoms with E-state index in [1.165, 1.54) is 12.1 Å². The van der Waals surface area contributed by atoms with Gasteiger partial charge in [-0.3, -0.25) is 14.9 Å². The van der Waals surface area contributed by atoms with Gasteiger partial charge in [-0.1, -0.05) is 0 Å². The molecule has 0 atom stereocenters. The number of halogens is 1. The van der Waals surface area contributed by atoms with Gasteiger partial charge in [-0.25, -0.2) is 0 Å². The summed E-state index contributed by atoms with van der Waals surface area (Å²) < 4.78 is 18.5. The lowest BCUT2D eigenvalue weighted by atomic mass is 10.1. The van der Waals surface area contributed by atoms with E-state index in [-0.39, 0.29) is 17.9 Å². The molecular weight excluding hydrogens is 217 g/mol. The van der Waals surface area contributed by atoms with Gasteiger partial charge in [0.05, 0.1) is 17.1 Å². The SMILES string of the molecule is CCOc1ccc(C(C)=O)c([N+](=O)[O-])c1F. The Morgan fingerprint density at radius 2 is 2.19 bits per heavy atom. The van der Waals surface area contributed by atoms with Crippen LogP contribution >= 0.6 is 0 Å². The van der Waals surface area contributed by atoms with Crippen LogP contribution in [0.1, 0.15) is 24.2 Å². The highest BCUT2D eigenvalue weighted by atomic mass is 19.1. The topological polar surface area (TPSA) is 69.4 Å². The first kappa shape index (κ1) is 12.1. The predicted octanol–water partition coefficient (Wildman–Crippen LogP) is 2.34. The van der Waals surface area contributed by atoms with Crippen LogP contribution in [0, 0.1) is 15.9 Å². The Bertz CT molecular complexity index is 445.